The number of carbonyl (C=O) groups excluding carboxylic acids is 1. The van der Waals surface area contributed by atoms with Gasteiger partial charge in [0.15, 0.2) is 0 Å². The van der Waals surface area contributed by atoms with Crippen LogP contribution < -0.4 is 10.6 Å². The number of aliphatic hydroxyl groups excluding tert-OH is 1. The number of nitrogens with one attached hydrogen (secondary N) is 2. The first-order chi connectivity index (χ1) is 8.75. The van der Waals surface area contributed by atoms with Crippen LogP contribution in [0, 0.1) is 5.41 Å². The Morgan fingerprint density at radius 3 is 2.94 bits per heavy atom. The summed E-state index contributed by atoms with van der Waals surface area (Å²) in [4.78, 5) is 12.3. The zero-order chi connectivity index (χ0) is 13.3. The van der Waals surface area contributed by atoms with Gasteiger partial charge in [-0.1, -0.05) is 13.3 Å². The fourth-order valence-corrected chi connectivity index (χ4v) is 2.56. The van der Waals surface area contributed by atoms with Crippen LogP contribution in [0.3, 0.4) is 0 Å². The zero-order valence-corrected chi connectivity index (χ0v) is 11.3. The van der Waals surface area contributed by atoms with Gasteiger partial charge in [-0.05, 0) is 25.8 Å². The smallest absolute Gasteiger partial charge is 0.227 e. The maximum atomic E-state index is 12.3. The van der Waals surface area contributed by atoms with Crippen molar-refractivity contribution in [1.29, 1.82) is 0 Å². The van der Waals surface area contributed by atoms with E-state index in [1.807, 2.05) is 0 Å². The number of hydrogen-bond donors (Lipinski definition) is 3. The van der Waals surface area contributed by atoms with Crippen molar-refractivity contribution in [2.75, 3.05) is 39.5 Å². The lowest BCUT2D eigenvalue weighted by atomic mass is 9.76. The van der Waals surface area contributed by atoms with Crippen LogP contribution in [0.1, 0.15) is 32.6 Å². The normalized spacial score (nSPS) is 23.9. The first kappa shape index (κ1) is 15.4. The Balaban J connectivity index is 2.35. The van der Waals surface area contributed by atoms with Crippen molar-refractivity contribution in [3.63, 3.8) is 0 Å². The molecule has 1 fully saturated rings. The zero-order valence-electron chi connectivity index (χ0n) is 11.3. The average Bonchev–Trinajstić information content (AvgIpc) is 2.39. The average molecular weight is 258 g/mol. The number of piperidine rings is 1. The van der Waals surface area contributed by atoms with Crippen molar-refractivity contribution < 1.29 is 14.6 Å². The van der Waals surface area contributed by atoms with Crippen LogP contribution in [0.5, 0.6) is 0 Å². The highest BCUT2D eigenvalue weighted by Gasteiger charge is 2.38. The largest absolute Gasteiger partial charge is 0.394 e. The molecule has 0 aliphatic carbocycles. The molecule has 1 aliphatic heterocycles. The summed E-state index contributed by atoms with van der Waals surface area (Å²) in [6.07, 6.45) is 3.99. The Labute approximate surface area is 109 Å². The summed E-state index contributed by atoms with van der Waals surface area (Å²) in [5.41, 5.74) is -0.232. The van der Waals surface area contributed by atoms with Gasteiger partial charge in [0, 0.05) is 13.1 Å². The Bertz CT molecular complexity index is 235. The van der Waals surface area contributed by atoms with Crippen molar-refractivity contribution in [1.82, 2.24) is 10.6 Å². The highest BCUT2D eigenvalue weighted by atomic mass is 16.5. The first-order valence-electron chi connectivity index (χ1n) is 6.93. The molecule has 0 aromatic rings. The number of amides is 1. The molecular weight excluding hydrogens is 232 g/mol. The molecule has 1 unspecified atom stereocenters. The summed E-state index contributed by atoms with van der Waals surface area (Å²) < 4.78 is 5.13. The van der Waals surface area contributed by atoms with Crippen LogP contribution >= 0.6 is 0 Å². The fourth-order valence-electron chi connectivity index (χ4n) is 2.56. The Morgan fingerprint density at radius 1 is 1.50 bits per heavy atom. The number of ether oxygens (including phenoxy) is 1. The second-order valence-electron chi connectivity index (χ2n) is 4.90. The van der Waals surface area contributed by atoms with Gasteiger partial charge in [-0.2, -0.15) is 0 Å². The minimum Gasteiger partial charge on any atom is -0.394 e. The summed E-state index contributed by atoms with van der Waals surface area (Å²) in [6, 6.07) is 0. The van der Waals surface area contributed by atoms with E-state index >= 15 is 0 Å². The third kappa shape index (κ3) is 4.55. The van der Waals surface area contributed by atoms with E-state index in [0.29, 0.717) is 19.8 Å². The van der Waals surface area contributed by atoms with Crippen molar-refractivity contribution >= 4 is 5.91 Å². The van der Waals surface area contributed by atoms with E-state index in [2.05, 4.69) is 17.6 Å². The van der Waals surface area contributed by atoms with Crippen LogP contribution in [0.2, 0.25) is 0 Å². The molecule has 0 saturated carbocycles. The quantitative estimate of drug-likeness (QED) is 0.547. The molecule has 5 nitrogen and oxygen atoms in total. The van der Waals surface area contributed by atoms with Crippen LogP contribution in [0.4, 0.5) is 0 Å². The van der Waals surface area contributed by atoms with Gasteiger partial charge >= 0.3 is 0 Å². The van der Waals surface area contributed by atoms with E-state index < -0.39 is 0 Å². The summed E-state index contributed by atoms with van der Waals surface area (Å²) >= 11 is 0. The third-order valence-corrected chi connectivity index (χ3v) is 3.45. The predicted octanol–water partition coefficient (Wildman–Crippen LogP) is 0.281. The molecule has 1 amide bonds. The fraction of sp³-hybridized carbons (Fsp3) is 0.923. The van der Waals surface area contributed by atoms with Crippen molar-refractivity contribution in [3.8, 4) is 0 Å². The number of rotatable bonds is 8. The Hall–Kier alpha value is -0.650. The van der Waals surface area contributed by atoms with Gasteiger partial charge in [-0.25, -0.2) is 0 Å². The molecule has 106 valence electrons. The van der Waals surface area contributed by atoms with Gasteiger partial charge < -0.3 is 20.5 Å². The molecule has 1 rings (SSSR count). The molecular formula is C13H26N2O3. The van der Waals surface area contributed by atoms with E-state index in [4.69, 9.17) is 9.84 Å². The Kier molecular flexibility index (Phi) is 7.23. The molecule has 5 heteroatoms. The topological polar surface area (TPSA) is 70.6 Å². The Morgan fingerprint density at radius 2 is 2.33 bits per heavy atom. The number of aliphatic hydroxyl groups is 1. The van der Waals surface area contributed by atoms with Crippen molar-refractivity contribution in [2.24, 2.45) is 5.41 Å². The SMILES string of the molecule is CCCC1(C(=O)NCCOCCO)CCCNC1. The molecule has 0 aromatic carbocycles. The van der Waals surface area contributed by atoms with E-state index in [1.165, 1.54) is 0 Å². The van der Waals surface area contributed by atoms with E-state index in [1.54, 1.807) is 0 Å². The summed E-state index contributed by atoms with van der Waals surface area (Å²) in [5, 5.41) is 14.8. The minimum atomic E-state index is -0.232. The molecule has 3 N–H and O–H groups in total. The lowest BCUT2D eigenvalue weighted by Crippen LogP contribution is -2.51. The third-order valence-electron chi connectivity index (χ3n) is 3.45. The molecule has 0 spiro atoms. The maximum absolute atomic E-state index is 12.3. The molecule has 1 aliphatic rings. The molecule has 1 atom stereocenters. The standard InChI is InChI=1S/C13H26N2O3/c1-2-4-13(5-3-6-14-11-13)12(17)15-7-9-18-10-8-16/h14,16H,2-11H2,1H3,(H,15,17). The summed E-state index contributed by atoms with van der Waals surface area (Å²) in [7, 11) is 0. The molecule has 1 heterocycles. The maximum Gasteiger partial charge on any atom is 0.227 e. The van der Waals surface area contributed by atoms with Crippen LogP contribution in [-0.4, -0.2) is 50.5 Å². The number of carbonyl (C=O) groups is 1. The van der Waals surface area contributed by atoms with Crippen molar-refractivity contribution in [2.45, 2.75) is 32.6 Å². The molecule has 1 saturated heterocycles. The van der Waals surface area contributed by atoms with Crippen LogP contribution in [0.25, 0.3) is 0 Å². The van der Waals surface area contributed by atoms with Gasteiger partial charge in [0.25, 0.3) is 0 Å². The molecule has 0 aromatic heterocycles. The molecule has 0 bridgehead atoms. The van der Waals surface area contributed by atoms with Gasteiger partial charge in [0.05, 0.1) is 25.2 Å². The first-order valence-corrected chi connectivity index (χ1v) is 6.93. The van der Waals surface area contributed by atoms with Crippen LogP contribution in [-0.2, 0) is 9.53 Å². The summed E-state index contributed by atoms with van der Waals surface area (Å²) in [6.45, 7) is 5.25. The van der Waals surface area contributed by atoms with Gasteiger partial charge in [-0.3, -0.25) is 4.79 Å². The number of hydrogen-bond acceptors (Lipinski definition) is 4. The van der Waals surface area contributed by atoms with Gasteiger partial charge in [-0.15, -0.1) is 0 Å². The van der Waals surface area contributed by atoms with Gasteiger partial charge in [0.1, 0.15) is 0 Å². The molecule has 18 heavy (non-hydrogen) atoms. The predicted molar refractivity (Wildman–Crippen MR) is 70.4 cm³/mol. The summed E-state index contributed by atoms with van der Waals surface area (Å²) in [5.74, 6) is 0.143. The van der Waals surface area contributed by atoms with E-state index in [9.17, 15) is 4.79 Å². The van der Waals surface area contributed by atoms with Gasteiger partial charge in [0.2, 0.25) is 5.91 Å². The van der Waals surface area contributed by atoms with E-state index in [-0.39, 0.29) is 17.9 Å². The highest BCUT2D eigenvalue weighted by molar-refractivity contribution is 5.83. The second-order valence-corrected chi connectivity index (χ2v) is 4.90. The highest BCUT2D eigenvalue weighted by Crippen LogP contribution is 2.31. The van der Waals surface area contributed by atoms with Crippen molar-refractivity contribution in [3.05, 3.63) is 0 Å². The van der Waals surface area contributed by atoms with Crippen LogP contribution in [0.15, 0.2) is 0 Å². The van der Waals surface area contributed by atoms with E-state index in [0.717, 1.165) is 38.8 Å². The molecule has 0 radical (unpaired) electrons. The lowest BCUT2D eigenvalue weighted by Gasteiger charge is -2.36. The monoisotopic (exact) mass is 258 g/mol. The second kappa shape index (κ2) is 8.45. The minimum absolute atomic E-state index is 0.0254. The lowest BCUT2D eigenvalue weighted by molar-refractivity contribution is -0.132.